The number of aromatic nitrogens is 1. The van der Waals surface area contributed by atoms with Gasteiger partial charge in [0.1, 0.15) is 6.54 Å². The minimum absolute atomic E-state index is 0.289. The second-order valence-corrected chi connectivity index (χ2v) is 5.18. The summed E-state index contributed by atoms with van der Waals surface area (Å²) < 4.78 is 5.69. The number of nitrogens with one attached hydrogen (secondary N) is 1. The maximum atomic E-state index is 5.89. The van der Waals surface area contributed by atoms with Crippen molar-refractivity contribution < 1.29 is 4.42 Å². The second kappa shape index (κ2) is 6.79. The molecule has 0 aliphatic carbocycles. The first-order valence-corrected chi connectivity index (χ1v) is 7.34. The van der Waals surface area contributed by atoms with Crippen LogP contribution in [0.2, 0.25) is 0 Å². The molecule has 0 radical (unpaired) electrons. The Morgan fingerprint density at radius 1 is 1.17 bits per heavy atom. The van der Waals surface area contributed by atoms with Crippen LogP contribution in [0.4, 0.5) is 5.69 Å². The van der Waals surface area contributed by atoms with E-state index < -0.39 is 0 Å². The van der Waals surface area contributed by atoms with Crippen molar-refractivity contribution in [2.75, 3.05) is 5.32 Å². The number of hydrogen-bond acceptors (Lipinski definition) is 3. The molecule has 23 heavy (non-hydrogen) atoms. The minimum Gasteiger partial charge on any atom is -0.439 e. The molecule has 3 aromatic rings. The first kappa shape index (κ1) is 14.8. The van der Waals surface area contributed by atoms with Gasteiger partial charge in [0.2, 0.25) is 5.89 Å². The van der Waals surface area contributed by atoms with Crippen LogP contribution in [0.25, 0.3) is 11.3 Å². The van der Waals surface area contributed by atoms with Gasteiger partial charge in [-0.2, -0.15) is 0 Å². The molecule has 0 aliphatic rings. The summed E-state index contributed by atoms with van der Waals surface area (Å²) in [5.41, 5.74) is 8.94. The van der Waals surface area contributed by atoms with Gasteiger partial charge in [-0.15, -0.1) is 0 Å². The fourth-order valence-corrected chi connectivity index (χ4v) is 2.18. The standard InChI is InChI=1S/C18H18N4O/c1-13-6-5-9-15(10-13)22-18(19)21-12-17-20-11-16(23-17)14-7-3-2-4-8-14/h2-11H,12H2,1H3,(H3,19,21,22). The van der Waals surface area contributed by atoms with Gasteiger partial charge in [0.05, 0.1) is 6.20 Å². The van der Waals surface area contributed by atoms with Gasteiger partial charge in [0.25, 0.3) is 0 Å². The molecule has 0 aliphatic heterocycles. The largest absolute Gasteiger partial charge is 0.439 e. The molecule has 0 atom stereocenters. The lowest BCUT2D eigenvalue weighted by Crippen LogP contribution is -2.22. The van der Waals surface area contributed by atoms with Gasteiger partial charge in [-0.25, -0.2) is 9.98 Å². The molecule has 0 saturated heterocycles. The number of aliphatic imine (C=N–C) groups is 1. The molecule has 0 fully saturated rings. The highest BCUT2D eigenvalue weighted by atomic mass is 16.4. The highest BCUT2D eigenvalue weighted by molar-refractivity contribution is 5.92. The van der Waals surface area contributed by atoms with Crippen LogP contribution in [0.5, 0.6) is 0 Å². The molecule has 3 N–H and O–H groups in total. The third-order valence-corrected chi connectivity index (χ3v) is 3.29. The van der Waals surface area contributed by atoms with Crippen LogP contribution in [0, 0.1) is 6.92 Å². The lowest BCUT2D eigenvalue weighted by molar-refractivity contribution is 0.510. The molecule has 1 heterocycles. The Hall–Kier alpha value is -3.08. The minimum atomic E-state index is 0.289. The summed E-state index contributed by atoms with van der Waals surface area (Å²) in [7, 11) is 0. The third kappa shape index (κ3) is 3.97. The Morgan fingerprint density at radius 3 is 2.78 bits per heavy atom. The highest BCUT2D eigenvalue weighted by Crippen LogP contribution is 2.20. The summed E-state index contributed by atoms with van der Waals surface area (Å²) in [4.78, 5) is 8.48. The van der Waals surface area contributed by atoms with E-state index >= 15 is 0 Å². The summed E-state index contributed by atoms with van der Waals surface area (Å²) in [6.07, 6.45) is 1.70. The van der Waals surface area contributed by atoms with Crippen molar-refractivity contribution in [3.63, 3.8) is 0 Å². The van der Waals surface area contributed by atoms with Gasteiger partial charge in [0.15, 0.2) is 11.7 Å². The van der Waals surface area contributed by atoms with Crippen molar-refractivity contribution in [3.8, 4) is 11.3 Å². The van der Waals surface area contributed by atoms with Crippen molar-refractivity contribution in [2.24, 2.45) is 10.7 Å². The van der Waals surface area contributed by atoms with E-state index in [1.54, 1.807) is 6.20 Å². The Balaban J connectivity index is 1.64. The normalized spacial score (nSPS) is 11.4. The van der Waals surface area contributed by atoms with Crippen LogP contribution in [0.15, 0.2) is 70.2 Å². The van der Waals surface area contributed by atoms with Crippen molar-refractivity contribution in [2.45, 2.75) is 13.5 Å². The summed E-state index contributed by atoms with van der Waals surface area (Å²) in [5, 5.41) is 3.05. The number of nitrogens with zero attached hydrogens (tertiary/aromatic N) is 2. The molecule has 116 valence electrons. The van der Waals surface area contributed by atoms with Crippen LogP contribution in [0.1, 0.15) is 11.5 Å². The number of rotatable bonds is 4. The first-order valence-electron chi connectivity index (χ1n) is 7.34. The third-order valence-electron chi connectivity index (χ3n) is 3.29. The molecule has 5 nitrogen and oxygen atoms in total. The van der Waals surface area contributed by atoms with E-state index in [0.29, 0.717) is 11.9 Å². The van der Waals surface area contributed by atoms with E-state index in [-0.39, 0.29) is 6.54 Å². The molecule has 0 saturated carbocycles. The molecule has 1 aromatic heterocycles. The molecule has 3 rings (SSSR count). The molecule has 0 bridgehead atoms. The highest BCUT2D eigenvalue weighted by Gasteiger charge is 2.05. The Labute approximate surface area is 134 Å². The molecule has 0 amide bonds. The van der Waals surface area contributed by atoms with E-state index in [4.69, 9.17) is 10.2 Å². The molecular weight excluding hydrogens is 288 g/mol. The number of aryl methyl sites for hydroxylation is 1. The van der Waals surface area contributed by atoms with Crippen LogP contribution < -0.4 is 11.1 Å². The topological polar surface area (TPSA) is 76.4 Å². The quantitative estimate of drug-likeness (QED) is 0.570. The van der Waals surface area contributed by atoms with E-state index in [2.05, 4.69) is 15.3 Å². The molecule has 0 unspecified atom stereocenters. The maximum Gasteiger partial charge on any atom is 0.216 e. The molecule has 5 heteroatoms. The number of nitrogens with two attached hydrogens (primary N) is 1. The zero-order valence-corrected chi connectivity index (χ0v) is 12.9. The average molecular weight is 306 g/mol. The number of guanidine groups is 1. The Bertz CT molecular complexity index is 809. The number of benzene rings is 2. The van der Waals surface area contributed by atoms with Gasteiger partial charge in [0, 0.05) is 11.3 Å². The lowest BCUT2D eigenvalue weighted by atomic mass is 10.2. The van der Waals surface area contributed by atoms with Crippen LogP contribution in [-0.4, -0.2) is 10.9 Å². The van der Waals surface area contributed by atoms with Gasteiger partial charge in [-0.1, -0.05) is 42.5 Å². The monoisotopic (exact) mass is 306 g/mol. The fourth-order valence-electron chi connectivity index (χ4n) is 2.18. The summed E-state index contributed by atoms with van der Waals surface area (Å²) in [6.45, 7) is 2.31. The summed E-state index contributed by atoms with van der Waals surface area (Å²) in [6, 6.07) is 17.8. The molecular formula is C18H18N4O. The summed E-state index contributed by atoms with van der Waals surface area (Å²) in [5.74, 6) is 1.58. The lowest BCUT2D eigenvalue weighted by Gasteiger charge is -2.05. The number of oxazole rings is 1. The van der Waals surface area contributed by atoms with E-state index in [1.807, 2.05) is 61.5 Å². The van der Waals surface area contributed by atoms with Crippen molar-refractivity contribution in [1.29, 1.82) is 0 Å². The number of hydrogen-bond donors (Lipinski definition) is 2. The van der Waals surface area contributed by atoms with Crippen molar-refractivity contribution in [3.05, 3.63) is 72.2 Å². The van der Waals surface area contributed by atoms with Gasteiger partial charge >= 0.3 is 0 Å². The van der Waals surface area contributed by atoms with Crippen LogP contribution in [-0.2, 0) is 6.54 Å². The van der Waals surface area contributed by atoms with E-state index in [9.17, 15) is 0 Å². The average Bonchev–Trinajstić information content (AvgIpc) is 3.03. The maximum absolute atomic E-state index is 5.89. The fraction of sp³-hybridized carbons (Fsp3) is 0.111. The van der Waals surface area contributed by atoms with Crippen molar-refractivity contribution >= 4 is 11.6 Å². The number of anilines is 1. The SMILES string of the molecule is Cc1cccc(NC(N)=NCc2ncc(-c3ccccc3)o2)c1. The predicted molar refractivity (Wildman–Crippen MR) is 92.1 cm³/mol. The van der Waals surface area contributed by atoms with E-state index in [0.717, 1.165) is 22.6 Å². The van der Waals surface area contributed by atoms with Gasteiger partial charge < -0.3 is 15.5 Å². The van der Waals surface area contributed by atoms with Gasteiger partial charge in [-0.3, -0.25) is 0 Å². The smallest absolute Gasteiger partial charge is 0.216 e. The zero-order chi connectivity index (χ0) is 16.1. The predicted octanol–water partition coefficient (Wildman–Crippen LogP) is 3.58. The van der Waals surface area contributed by atoms with E-state index in [1.165, 1.54) is 0 Å². The Kier molecular flexibility index (Phi) is 4.38. The van der Waals surface area contributed by atoms with Crippen molar-refractivity contribution in [1.82, 2.24) is 4.98 Å². The van der Waals surface area contributed by atoms with Crippen LogP contribution >= 0.6 is 0 Å². The molecule has 2 aromatic carbocycles. The first-order chi connectivity index (χ1) is 11.2. The second-order valence-electron chi connectivity index (χ2n) is 5.18. The summed E-state index contributed by atoms with van der Waals surface area (Å²) >= 11 is 0. The zero-order valence-electron chi connectivity index (χ0n) is 12.9. The molecule has 0 spiro atoms. The van der Waals surface area contributed by atoms with Crippen LogP contribution in [0.3, 0.4) is 0 Å². The van der Waals surface area contributed by atoms with Gasteiger partial charge in [-0.05, 0) is 24.6 Å². The Morgan fingerprint density at radius 2 is 2.00 bits per heavy atom.